The number of nitro benzene ring substituents is 1. The molecule has 1 heterocycles. The lowest BCUT2D eigenvalue weighted by atomic mass is 10.1. The van der Waals surface area contributed by atoms with E-state index in [1.165, 1.54) is 36.8 Å². The lowest BCUT2D eigenvalue weighted by Gasteiger charge is -2.07. The van der Waals surface area contributed by atoms with Crippen LogP contribution in [0.2, 0.25) is 0 Å². The Morgan fingerprint density at radius 1 is 1.17 bits per heavy atom. The topological polar surface area (TPSA) is 127 Å². The Kier molecular flexibility index (Phi) is 5.50. The van der Waals surface area contributed by atoms with Gasteiger partial charge in [0.1, 0.15) is 5.69 Å². The van der Waals surface area contributed by atoms with Crippen molar-refractivity contribution in [3.8, 4) is 0 Å². The molecule has 24 heavy (non-hydrogen) atoms. The summed E-state index contributed by atoms with van der Waals surface area (Å²) >= 11 is 0. The van der Waals surface area contributed by atoms with Crippen molar-refractivity contribution in [3.63, 3.8) is 0 Å². The van der Waals surface area contributed by atoms with Gasteiger partial charge < -0.3 is 10.6 Å². The fourth-order valence-corrected chi connectivity index (χ4v) is 1.91. The number of hydrogen-bond acceptors (Lipinski definition) is 6. The molecule has 2 aromatic rings. The molecule has 0 aliphatic carbocycles. The predicted molar refractivity (Wildman–Crippen MR) is 84.5 cm³/mol. The number of aromatic nitrogens is 2. The summed E-state index contributed by atoms with van der Waals surface area (Å²) in [4.78, 5) is 41.7. The molecule has 1 aromatic heterocycles. The number of amides is 2. The number of aryl methyl sites for hydroxylation is 1. The molecule has 0 spiro atoms. The van der Waals surface area contributed by atoms with Crippen molar-refractivity contribution in [2.75, 3.05) is 13.1 Å². The molecule has 2 amide bonds. The Morgan fingerprint density at radius 3 is 2.50 bits per heavy atom. The number of nitro groups is 1. The van der Waals surface area contributed by atoms with Crippen molar-refractivity contribution in [3.05, 3.63) is 63.7 Å². The Hall–Kier alpha value is -3.36. The molecule has 0 unspecified atom stereocenters. The average molecular weight is 329 g/mol. The molecule has 0 saturated carbocycles. The summed E-state index contributed by atoms with van der Waals surface area (Å²) < 4.78 is 0. The van der Waals surface area contributed by atoms with Crippen LogP contribution in [0.3, 0.4) is 0 Å². The molecular formula is C15H15N5O4. The van der Waals surface area contributed by atoms with Gasteiger partial charge in [-0.1, -0.05) is 6.07 Å². The largest absolute Gasteiger partial charge is 0.350 e. The predicted octanol–water partition coefficient (Wildman–Crippen LogP) is 0.853. The van der Waals surface area contributed by atoms with Crippen molar-refractivity contribution in [2.45, 2.75) is 6.92 Å². The summed E-state index contributed by atoms with van der Waals surface area (Å²) in [7, 11) is 0. The van der Waals surface area contributed by atoms with E-state index in [0.29, 0.717) is 5.56 Å². The van der Waals surface area contributed by atoms with Crippen molar-refractivity contribution in [2.24, 2.45) is 0 Å². The molecule has 0 aliphatic rings. The SMILES string of the molecule is Cc1ccc(C(=O)NCCNC(=O)c2cnccn2)cc1[N+](=O)[O-]. The summed E-state index contributed by atoms with van der Waals surface area (Å²) in [6.07, 6.45) is 4.19. The minimum atomic E-state index is -0.534. The lowest BCUT2D eigenvalue weighted by molar-refractivity contribution is -0.385. The standard InChI is InChI=1S/C15H15N5O4/c1-10-2-3-11(8-13(10)20(23)24)14(21)18-6-7-19-15(22)12-9-16-4-5-17-12/h2-5,8-9H,6-7H2,1H3,(H,18,21)(H,19,22). The van der Waals surface area contributed by atoms with Crippen LogP contribution in [0.15, 0.2) is 36.8 Å². The molecule has 0 radical (unpaired) electrons. The smallest absolute Gasteiger partial charge is 0.273 e. The average Bonchev–Trinajstić information content (AvgIpc) is 2.59. The lowest BCUT2D eigenvalue weighted by Crippen LogP contribution is -2.35. The van der Waals surface area contributed by atoms with E-state index in [1.807, 2.05) is 0 Å². The Balaban J connectivity index is 1.84. The quantitative estimate of drug-likeness (QED) is 0.459. The molecule has 2 N–H and O–H groups in total. The third kappa shape index (κ3) is 4.32. The molecule has 9 heteroatoms. The zero-order valence-corrected chi connectivity index (χ0v) is 12.9. The molecule has 0 fully saturated rings. The van der Waals surface area contributed by atoms with Gasteiger partial charge in [0, 0.05) is 42.7 Å². The minimum Gasteiger partial charge on any atom is -0.350 e. The fourth-order valence-electron chi connectivity index (χ4n) is 1.91. The van der Waals surface area contributed by atoms with Crippen LogP contribution in [0.25, 0.3) is 0 Å². The monoisotopic (exact) mass is 329 g/mol. The van der Waals surface area contributed by atoms with Gasteiger partial charge in [-0.3, -0.25) is 24.7 Å². The summed E-state index contributed by atoms with van der Waals surface area (Å²) in [5, 5.41) is 16.0. The van der Waals surface area contributed by atoms with E-state index < -0.39 is 16.7 Å². The van der Waals surface area contributed by atoms with Gasteiger partial charge in [-0.15, -0.1) is 0 Å². The van der Waals surface area contributed by atoms with Crippen LogP contribution in [0.4, 0.5) is 5.69 Å². The highest BCUT2D eigenvalue weighted by Gasteiger charge is 2.14. The minimum absolute atomic E-state index is 0.112. The summed E-state index contributed by atoms with van der Waals surface area (Å²) in [6.45, 7) is 1.96. The molecule has 124 valence electrons. The van der Waals surface area contributed by atoms with Gasteiger partial charge in [0.2, 0.25) is 0 Å². The normalized spacial score (nSPS) is 10.0. The molecule has 0 saturated heterocycles. The number of carbonyl (C=O) groups is 2. The second-order valence-electron chi connectivity index (χ2n) is 4.86. The van der Waals surface area contributed by atoms with E-state index in [4.69, 9.17) is 0 Å². The van der Waals surface area contributed by atoms with Gasteiger partial charge in [0.25, 0.3) is 17.5 Å². The number of carbonyl (C=O) groups excluding carboxylic acids is 2. The number of nitrogens with zero attached hydrogens (tertiary/aromatic N) is 3. The fraction of sp³-hybridized carbons (Fsp3) is 0.200. The molecule has 0 atom stereocenters. The highest BCUT2D eigenvalue weighted by Crippen LogP contribution is 2.19. The zero-order valence-electron chi connectivity index (χ0n) is 12.9. The Morgan fingerprint density at radius 2 is 1.88 bits per heavy atom. The van der Waals surface area contributed by atoms with Gasteiger partial charge in [-0.05, 0) is 13.0 Å². The van der Waals surface area contributed by atoms with Gasteiger partial charge in [0.05, 0.1) is 11.1 Å². The summed E-state index contributed by atoms with van der Waals surface area (Å²) in [5.74, 6) is -0.852. The van der Waals surface area contributed by atoms with Crippen LogP contribution < -0.4 is 10.6 Å². The van der Waals surface area contributed by atoms with Gasteiger partial charge in [0.15, 0.2) is 0 Å². The van der Waals surface area contributed by atoms with Crippen LogP contribution in [0, 0.1) is 17.0 Å². The maximum Gasteiger partial charge on any atom is 0.273 e. The van der Waals surface area contributed by atoms with E-state index in [9.17, 15) is 19.7 Å². The molecule has 0 aliphatic heterocycles. The first kappa shape index (κ1) is 17.0. The van der Waals surface area contributed by atoms with E-state index in [0.717, 1.165) is 0 Å². The molecule has 1 aromatic carbocycles. The summed E-state index contributed by atoms with van der Waals surface area (Å²) in [6, 6.07) is 4.25. The number of benzene rings is 1. The number of hydrogen-bond donors (Lipinski definition) is 2. The number of nitrogens with one attached hydrogen (secondary N) is 2. The highest BCUT2D eigenvalue weighted by molar-refractivity contribution is 5.95. The van der Waals surface area contributed by atoms with Crippen LogP contribution in [-0.4, -0.2) is 39.8 Å². The van der Waals surface area contributed by atoms with E-state index in [-0.39, 0.29) is 30.0 Å². The van der Waals surface area contributed by atoms with Gasteiger partial charge >= 0.3 is 0 Å². The van der Waals surface area contributed by atoms with Gasteiger partial charge in [-0.25, -0.2) is 4.98 Å². The van der Waals surface area contributed by atoms with Crippen LogP contribution >= 0.6 is 0 Å². The summed E-state index contributed by atoms with van der Waals surface area (Å²) in [5.41, 5.74) is 0.733. The maximum atomic E-state index is 12.0. The van der Waals surface area contributed by atoms with Crippen LogP contribution in [-0.2, 0) is 0 Å². The second-order valence-corrected chi connectivity index (χ2v) is 4.86. The first-order valence-corrected chi connectivity index (χ1v) is 7.06. The van der Waals surface area contributed by atoms with E-state index in [2.05, 4.69) is 20.6 Å². The maximum absolute atomic E-state index is 12.0. The van der Waals surface area contributed by atoms with E-state index in [1.54, 1.807) is 6.92 Å². The third-order valence-electron chi connectivity index (χ3n) is 3.16. The highest BCUT2D eigenvalue weighted by atomic mass is 16.6. The molecule has 2 rings (SSSR count). The van der Waals surface area contributed by atoms with Crippen molar-refractivity contribution in [1.29, 1.82) is 0 Å². The first-order valence-electron chi connectivity index (χ1n) is 7.06. The zero-order chi connectivity index (χ0) is 17.5. The van der Waals surface area contributed by atoms with Crippen molar-refractivity contribution < 1.29 is 14.5 Å². The van der Waals surface area contributed by atoms with Crippen molar-refractivity contribution in [1.82, 2.24) is 20.6 Å². The third-order valence-corrected chi connectivity index (χ3v) is 3.16. The molecule has 0 bridgehead atoms. The molecular weight excluding hydrogens is 314 g/mol. The van der Waals surface area contributed by atoms with Gasteiger partial charge in [-0.2, -0.15) is 0 Å². The van der Waals surface area contributed by atoms with Crippen molar-refractivity contribution >= 4 is 17.5 Å². The van der Waals surface area contributed by atoms with E-state index >= 15 is 0 Å². The Bertz CT molecular complexity index is 764. The first-order chi connectivity index (χ1) is 11.5. The van der Waals surface area contributed by atoms with Crippen LogP contribution in [0.5, 0.6) is 0 Å². The number of rotatable bonds is 6. The van der Waals surface area contributed by atoms with Crippen LogP contribution in [0.1, 0.15) is 26.4 Å². The second kappa shape index (κ2) is 7.77. The molecule has 9 nitrogen and oxygen atoms in total. The Labute approximate surface area is 137 Å².